The summed E-state index contributed by atoms with van der Waals surface area (Å²) in [6.45, 7) is 3.44. The molecule has 2 aromatic carbocycles. The molecule has 1 heterocycles. The quantitative estimate of drug-likeness (QED) is 0.583. The van der Waals surface area contributed by atoms with Crippen LogP contribution in [-0.4, -0.2) is 48.3 Å². The second-order valence-corrected chi connectivity index (χ2v) is 6.96. The molecule has 8 heteroatoms. The van der Waals surface area contributed by atoms with Gasteiger partial charge in [-0.25, -0.2) is 8.78 Å². The van der Waals surface area contributed by atoms with Crippen molar-refractivity contribution in [1.29, 1.82) is 0 Å². The lowest BCUT2D eigenvalue weighted by Crippen LogP contribution is -2.54. The maximum absolute atomic E-state index is 13.5. The summed E-state index contributed by atoms with van der Waals surface area (Å²) >= 11 is 5.93. The van der Waals surface area contributed by atoms with Gasteiger partial charge in [-0.1, -0.05) is 11.6 Å². The zero-order valence-corrected chi connectivity index (χ0v) is 15.7. The molecule has 2 aromatic rings. The topological polar surface area (TPSA) is 43.6 Å². The van der Waals surface area contributed by atoms with Gasteiger partial charge in [-0.3, -0.25) is 4.79 Å². The van der Waals surface area contributed by atoms with Crippen molar-refractivity contribution in [2.24, 2.45) is 0 Å². The molecule has 1 aliphatic heterocycles. The zero-order valence-electron chi connectivity index (χ0n) is 15.0. The average Bonchev–Trinajstić information content (AvgIpc) is 2.64. The Morgan fingerprint density at radius 1 is 1.15 bits per heavy atom. The summed E-state index contributed by atoms with van der Waals surface area (Å²) in [7, 11) is 1.44. The SMILES string of the molecule is CC1CN(c2ccc([N+](C)=O)cc2)CCN1C(=O)c1cc(F)c(F)cc1Cl. The first-order valence-electron chi connectivity index (χ1n) is 8.49. The van der Waals surface area contributed by atoms with Gasteiger partial charge in [-0.15, -0.1) is 0 Å². The Hall–Kier alpha value is -2.54. The number of piperazine rings is 1. The molecule has 3 rings (SSSR count). The van der Waals surface area contributed by atoms with Crippen LogP contribution in [-0.2, 0) is 0 Å². The number of benzene rings is 2. The summed E-state index contributed by atoms with van der Waals surface area (Å²) in [6.07, 6.45) is 0. The largest absolute Gasteiger partial charge is 0.368 e. The van der Waals surface area contributed by atoms with Crippen LogP contribution < -0.4 is 4.90 Å². The van der Waals surface area contributed by atoms with Gasteiger partial charge in [-0.05, 0) is 31.2 Å². The molecule has 1 atom stereocenters. The summed E-state index contributed by atoms with van der Waals surface area (Å²) in [5.41, 5.74) is 1.47. The number of hydrogen-bond acceptors (Lipinski definition) is 3. The highest BCUT2D eigenvalue weighted by Crippen LogP contribution is 2.26. The summed E-state index contributed by atoms with van der Waals surface area (Å²) < 4.78 is 27.6. The number of amides is 1. The summed E-state index contributed by atoms with van der Waals surface area (Å²) in [5, 5.41) is -0.106. The Morgan fingerprint density at radius 3 is 2.37 bits per heavy atom. The third-order valence-electron chi connectivity index (χ3n) is 4.71. The molecule has 27 heavy (non-hydrogen) atoms. The number of nitrogens with zero attached hydrogens (tertiary/aromatic N) is 3. The first kappa shape index (κ1) is 19.2. The van der Waals surface area contributed by atoms with E-state index in [4.69, 9.17) is 11.6 Å². The van der Waals surface area contributed by atoms with Gasteiger partial charge in [0.2, 0.25) is 0 Å². The van der Waals surface area contributed by atoms with Crippen LogP contribution in [0.5, 0.6) is 0 Å². The van der Waals surface area contributed by atoms with E-state index in [9.17, 15) is 18.5 Å². The monoisotopic (exact) mass is 394 g/mol. The van der Waals surface area contributed by atoms with Crippen LogP contribution in [0.2, 0.25) is 5.02 Å². The second kappa shape index (κ2) is 7.60. The predicted octanol–water partition coefficient (Wildman–Crippen LogP) is 4.01. The fraction of sp³-hybridized carbons (Fsp3) is 0.316. The van der Waals surface area contributed by atoms with Crippen LogP contribution in [0.25, 0.3) is 0 Å². The number of halogens is 3. The van der Waals surface area contributed by atoms with Crippen molar-refractivity contribution in [1.82, 2.24) is 4.90 Å². The van der Waals surface area contributed by atoms with Gasteiger partial charge >= 0.3 is 0 Å². The highest BCUT2D eigenvalue weighted by Gasteiger charge is 2.30. The smallest absolute Gasteiger partial charge is 0.255 e. The van der Waals surface area contributed by atoms with Gasteiger partial charge in [-0.2, -0.15) is 0 Å². The average molecular weight is 395 g/mol. The molecule has 0 N–H and O–H groups in total. The molecule has 142 valence electrons. The number of hydrogen-bond donors (Lipinski definition) is 0. The molecule has 0 spiro atoms. The van der Waals surface area contributed by atoms with E-state index >= 15 is 0 Å². The minimum Gasteiger partial charge on any atom is -0.368 e. The summed E-state index contributed by atoms with van der Waals surface area (Å²) in [4.78, 5) is 27.8. The van der Waals surface area contributed by atoms with Gasteiger partial charge in [0.1, 0.15) is 0 Å². The number of rotatable bonds is 3. The van der Waals surface area contributed by atoms with E-state index in [1.807, 2.05) is 19.1 Å². The van der Waals surface area contributed by atoms with Crippen LogP contribution in [0.15, 0.2) is 36.4 Å². The maximum atomic E-state index is 13.5. The molecule has 0 radical (unpaired) electrons. The molecular weight excluding hydrogens is 376 g/mol. The summed E-state index contributed by atoms with van der Waals surface area (Å²) in [6, 6.07) is 8.71. The van der Waals surface area contributed by atoms with Crippen molar-refractivity contribution in [2.75, 3.05) is 31.6 Å². The molecule has 0 bridgehead atoms. The third kappa shape index (κ3) is 3.93. The van der Waals surface area contributed by atoms with Crippen molar-refractivity contribution >= 4 is 28.9 Å². The van der Waals surface area contributed by atoms with Crippen molar-refractivity contribution in [3.05, 3.63) is 63.5 Å². The molecule has 1 amide bonds. The summed E-state index contributed by atoms with van der Waals surface area (Å²) in [5.74, 6) is -2.60. The standard InChI is InChI=1S/C19H19ClF2N3O2/c1-12-11-24(14-5-3-13(4-6-14)23(2)27)7-8-25(12)19(26)15-9-17(21)18(22)10-16(15)20/h3-6,9-10,12H,7-8,11H2,1-2H3/q+1. The molecule has 0 aliphatic carbocycles. The molecule has 5 nitrogen and oxygen atoms in total. The first-order chi connectivity index (χ1) is 12.8. The van der Waals surface area contributed by atoms with Crippen molar-refractivity contribution < 1.29 is 18.3 Å². The second-order valence-electron chi connectivity index (χ2n) is 6.55. The molecule has 0 aromatic heterocycles. The van der Waals surface area contributed by atoms with Crippen LogP contribution in [0.1, 0.15) is 17.3 Å². The van der Waals surface area contributed by atoms with Gasteiger partial charge < -0.3 is 9.80 Å². The van der Waals surface area contributed by atoms with Crippen LogP contribution >= 0.6 is 11.6 Å². The van der Waals surface area contributed by atoms with Gasteiger partial charge in [0.15, 0.2) is 18.7 Å². The maximum Gasteiger partial charge on any atom is 0.255 e. The van der Waals surface area contributed by atoms with Crippen LogP contribution in [0.3, 0.4) is 0 Å². The van der Waals surface area contributed by atoms with Crippen molar-refractivity contribution in [2.45, 2.75) is 13.0 Å². The fourth-order valence-corrected chi connectivity index (χ4v) is 3.44. The lowest BCUT2D eigenvalue weighted by molar-refractivity contribution is -0.428. The molecular formula is C19H19ClF2N3O2+. The van der Waals surface area contributed by atoms with Gasteiger partial charge in [0.05, 0.1) is 10.6 Å². The first-order valence-corrected chi connectivity index (χ1v) is 8.87. The van der Waals surface area contributed by atoms with E-state index in [-0.39, 0.29) is 16.6 Å². The Labute approximate surface area is 160 Å². The van der Waals surface area contributed by atoms with Gasteiger partial charge in [0.25, 0.3) is 11.6 Å². The van der Waals surface area contributed by atoms with E-state index in [2.05, 4.69) is 4.90 Å². The fourth-order valence-electron chi connectivity index (χ4n) is 3.21. The van der Waals surface area contributed by atoms with Crippen LogP contribution in [0.4, 0.5) is 20.2 Å². The lowest BCUT2D eigenvalue weighted by atomic mass is 10.1. The number of anilines is 1. The predicted molar refractivity (Wildman–Crippen MR) is 99.7 cm³/mol. The highest BCUT2D eigenvalue weighted by atomic mass is 35.5. The van der Waals surface area contributed by atoms with Crippen molar-refractivity contribution in [3.63, 3.8) is 0 Å². The van der Waals surface area contributed by atoms with E-state index in [0.717, 1.165) is 22.6 Å². The number of carbonyl (C=O) groups excluding carboxylic acids is 1. The minimum atomic E-state index is -1.10. The lowest BCUT2D eigenvalue weighted by Gasteiger charge is -2.41. The van der Waals surface area contributed by atoms with E-state index in [1.165, 1.54) is 7.05 Å². The Balaban J connectivity index is 1.74. The third-order valence-corrected chi connectivity index (χ3v) is 5.02. The number of carbonyl (C=O) groups is 1. The highest BCUT2D eigenvalue weighted by molar-refractivity contribution is 6.33. The molecule has 1 aliphatic rings. The molecule has 1 fully saturated rings. The molecule has 1 saturated heterocycles. The van der Waals surface area contributed by atoms with E-state index < -0.39 is 17.5 Å². The normalized spacial score (nSPS) is 17.1. The minimum absolute atomic E-state index is 0.0429. The van der Waals surface area contributed by atoms with E-state index in [0.29, 0.717) is 25.3 Å². The molecule has 1 unspecified atom stereocenters. The number of nitroso groups, excluding NO2 is 1. The van der Waals surface area contributed by atoms with Gasteiger partial charge in [0, 0.05) is 53.2 Å². The Bertz CT molecular complexity index is 889. The van der Waals surface area contributed by atoms with Crippen LogP contribution in [0, 0.1) is 16.5 Å². The Morgan fingerprint density at radius 2 is 1.78 bits per heavy atom. The Kier molecular flexibility index (Phi) is 5.41. The van der Waals surface area contributed by atoms with E-state index in [1.54, 1.807) is 17.0 Å². The molecule has 0 saturated carbocycles. The zero-order chi connectivity index (χ0) is 19.7. The van der Waals surface area contributed by atoms with Crippen molar-refractivity contribution in [3.8, 4) is 0 Å².